The van der Waals surface area contributed by atoms with Crippen LogP contribution in [0.5, 0.6) is 0 Å². The average molecular weight is 141 g/mol. The predicted octanol–water partition coefficient (Wildman–Crippen LogP) is 2.16. The summed E-state index contributed by atoms with van der Waals surface area (Å²) in [4.78, 5) is 0. The van der Waals surface area contributed by atoms with E-state index in [0.717, 1.165) is 18.4 Å². The van der Waals surface area contributed by atoms with Crippen molar-refractivity contribution in [1.29, 1.82) is 0 Å². The second kappa shape index (κ2) is 3.97. The summed E-state index contributed by atoms with van der Waals surface area (Å²) in [5, 5.41) is 0. The monoisotopic (exact) mass is 141 g/mol. The maximum absolute atomic E-state index is 5.60. The van der Waals surface area contributed by atoms with Crippen LogP contribution in [0.1, 0.15) is 39.0 Å². The normalized spacial score (nSPS) is 24.6. The zero-order valence-corrected chi connectivity index (χ0v) is 6.97. The Hall–Kier alpha value is -0.0400. The van der Waals surface area contributed by atoms with E-state index in [0.29, 0.717) is 0 Å². The molecule has 0 heterocycles. The van der Waals surface area contributed by atoms with Gasteiger partial charge in [0, 0.05) is 0 Å². The molecule has 1 fully saturated rings. The molecule has 1 saturated carbocycles. The molecule has 0 unspecified atom stereocenters. The zero-order valence-electron chi connectivity index (χ0n) is 6.97. The summed E-state index contributed by atoms with van der Waals surface area (Å²) < 4.78 is 0. The highest BCUT2D eigenvalue weighted by Gasteiger charge is 2.18. The van der Waals surface area contributed by atoms with Crippen LogP contribution in [0.15, 0.2) is 0 Å². The van der Waals surface area contributed by atoms with Crippen molar-refractivity contribution in [2.75, 3.05) is 6.54 Å². The predicted molar refractivity (Wildman–Crippen MR) is 44.8 cm³/mol. The highest BCUT2D eigenvalue weighted by atomic mass is 14.5. The van der Waals surface area contributed by atoms with Gasteiger partial charge in [-0.1, -0.05) is 39.0 Å². The van der Waals surface area contributed by atoms with Gasteiger partial charge in [0.25, 0.3) is 0 Å². The molecular formula is C9H19N. The lowest BCUT2D eigenvalue weighted by Crippen LogP contribution is -2.22. The fraction of sp³-hybridized carbons (Fsp3) is 1.00. The van der Waals surface area contributed by atoms with Gasteiger partial charge in [0.2, 0.25) is 0 Å². The third-order valence-corrected chi connectivity index (χ3v) is 2.83. The number of hydrogen-bond acceptors (Lipinski definition) is 1. The third kappa shape index (κ3) is 1.98. The maximum Gasteiger partial charge on any atom is -0.00489 e. The Bertz CT molecular complexity index is 84.7. The minimum atomic E-state index is 0.764. The fourth-order valence-corrected chi connectivity index (χ4v) is 1.90. The summed E-state index contributed by atoms with van der Waals surface area (Å²) >= 11 is 0. The van der Waals surface area contributed by atoms with Crippen molar-refractivity contribution < 1.29 is 0 Å². The van der Waals surface area contributed by atoms with Crippen molar-refractivity contribution in [1.82, 2.24) is 0 Å². The molecule has 0 radical (unpaired) electrons. The average Bonchev–Trinajstić information content (AvgIpc) is 2.05. The van der Waals surface area contributed by atoms with Gasteiger partial charge in [0.15, 0.2) is 0 Å². The largest absolute Gasteiger partial charge is 0.330 e. The summed E-state index contributed by atoms with van der Waals surface area (Å²) in [6.45, 7) is 3.17. The lowest BCUT2D eigenvalue weighted by atomic mass is 9.81. The van der Waals surface area contributed by atoms with E-state index >= 15 is 0 Å². The summed E-state index contributed by atoms with van der Waals surface area (Å²) in [6, 6.07) is 0. The molecule has 0 spiro atoms. The minimum absolute atomic E-state index is 0.764. The van der Waals surface area contributed by atoms with E-state index in [-0.39, 0.29) is 0 Å². The fourth-order valence-electron chi connectivity index (χ4n) is 1.90. The Labute approximate surface area is 64.0 Å². The Kier molecular flexibility index (Phi) is 3.20. The topological polar surface area (TPSA) is 26.0 Å². The molecular weight excluding hydrogens is 122 g/mol. The van der Waals surface area contributed by atoms with Gasteiger partial charge in [-0.05, 0) is 18.4 Å². The molecule has 60 valence electrons. The van der Waals surface area contributed by atoms with Crippen LogP contribution < -0.4 is 5.73 Å². The van der Waals surface area contributed by atoms with Gasteiger partial charge in [0.1, 0.15) is 0 Å². The van der Waals surface area contributed by atoms with Crippen molar-refractivity contribution in [2.24, 2.45) is 17.6 Å². The Morgan fingerprint density at radius 1 is 1.30 bits per heavy atom. The van der Waals surface area contributed by atoms with E-state index in [9.17, 15) is 0 Å². The highest BCUT2D eigenvalue weighted by molar-refractivity contribution is 4.71. The van der Waals surface area contributed by atoms with E-state index in [4.69, 9.17) is 5.73 Å². The quantitative estimate of drug-likeness (QED) is 0.626. The Balaban J connectivity index is 2.24. The molecule has 1 nitrogen and oxygen atoms in total. The molecule has 1 rings (SSSR count). The first kappa shape index (κ1) is 8.06. The first-order valence-electron chi connectivity index (χ1n) is 4.54. The second-order valence-electron chi connectivity index (χ2n) is 3.61. The molecule has 1 atom stereocenters. The van der Waals surface area contributed by atoms with Crippen LogP contribution in [0.25, 0.3) is 0 Å². The van der Waals surface area contributed by atoms with Gasteiger partial charge in [-0.15, -0.1) is 0 Å². The van der Waals surface area contributed by atoms with Crippen molar-refractivity contribution >= 4 is 0 Å². The van der Waals surface area contributed by atoms with Crippen molar-refractivity contribution in [2.45, 2.75) is 39.0 Å². The molecule has 10 heavy (non-hydrogen) atoms. The van der Waals surface area contributed by atoms with Crippen LogP contribution in [0, 0.1) is 11.8 Å². The SMILES string of the molecule is C[C@@H](CN)C1CCCCC1. The number of hydrogen-bond donors (Lipinski definition) is 1. The first-order chi connectivity index (χ1) is 4.84. The lowest BCUT2D eigenvalue weighted by molar-refractivity contribution is 0.269. The summed E-state index contributed by atoms with van der Waals surface area (Å²) in [5.74, 6) is 1.71. The van der Waals surface area contributed by atoms with Crippen molar-refractivity contribution in [3.05, 3.63) is 0 Å². The van der Waals surface area contributed by atoms with Gasteiger partial charge < -0.3 is 5.73 Å². The van der Waals surface area contributed by atoms with E-state index in [1.807, 2.05) is 0 Å². The van der Waals surface area contributed by atoms with Crippen molar-refractivity contribution in [3.8, 4) is 0 Å². The zero-order chi connectivity index (χ0) is 7.40. The molecule has 0 amide bonds. The Morgan fingerprint density at radius 3 is 2.40 bits per heavy atom. The molecule has 0 bridgehead atoms. The summed E-state index contributed by atoms with van der Waals surface area (Å²) in [7, 11) is 0. The van der Waals surface area contributed by atoms with Crippen LogP contribution >= 0.6 is 0 Å². The van der Waals surface area contributed by atoms with Gasteiger partial charge in [-0.3, -0.25) is 0 Å². The van der Waals surface area contributed by atoms with Gasteiger partial charge in [-0.25, -0.2) is 0 Å². The van der Waals surface area contributed by atoms with Crippen LogP contribution in [0.4, 0.5) is 0 Å². The van der Waals surface area contributed by atoms with Crippen LogP contribution in [0.2, 0.25) is 0 Å². The molecule has 0 aliphatic heterocycles. The van der Waals surface area contributed by atoms with E-state index in [1.165, 1.54) is 32.1 Å². The molecule has 1 heteroatoms. The maximum atomic E-state index is 5.60. The molecule has 1 aliphatic rings. The lowest BCUT2D eigenvalue weighted by Gasteiger charge is -2.26. The molecule has 1 aliphatic carbocycles. The number of nitrogens with two attached hydrogens (primary N) is 1. The van der Waals surface area contributed by atoms with Gasteiger partial charge in [0.05, 0.1) is 0 Å². The minimum Gasteiger partial charge on any atom is -0.330 e. The van der Waals surface area contributed by atoms with Crippen LogP contribution in [-0.2, 0) is 0 Å². The van der Waals surface area contributed by atoms with E-state index < -0.39 is 0 Å². The van der Waals surface area contributed by atoms with Crippen LogP contribution in [0.3, 0.4) is 0 Å². The number of rotatable bonds is 2. The second-order valence-corrected chi connectivity index (χ2v) is 3.61. The third-order valence-electron chi connectivity index (χ3n) is 2.83. The Morgan fingerprint density at radius 2 is 1.90 bits per heavy atom. The van der Waals surface area contributed by atoms with Crippen molar-refractivity contribution in [3.63, 3.8) is 0 Å². The molecule has 0 aromatic carbocycles. The smallest absolute Gasteiger partial charge is 0.00489 e. The van der Waals surface area contributed by atoms with Gasteiger partial charge >= 0.3 is 0 Å². The van der Waals surface area contributed by atoms with Gasteiger partial charge in [-0.2, -0.15) is 0 Å². The summed E-state index contributed by atoms with van der Waals surface area (Å²) in [5.41, 5.74) is 5.60. The molecule has 0 aromatic rings. The molecule has 0 saturated heterocycles. The summed E-state index contributed by atoms with van der Waals surface area (Å²) in [6.07, 6.45) is 7.19. The standard InChI is InChI=1S/C9H19N/c1-8(7-10)9-5-3-2-4-6-9/h8-9H,2-7,10H2,1H3/t8-/m0/s1. The van der Waals surface area contributed by atoms with E-state index in [1.54, 1.807) is 0 Å². The highest BCUT2D eigenvalue weighted by Crippen LogP contribution is 2.28. The molecule has 0 aromatic heterocycles. The van der Waals surface area contributed by atoms with E-state index in [2.05, 4.69) is 6.92 Å². The molecule has 2 N–H and O–H groups in total. The first-order valence-corrected chi connectivity index (χ1v) is 4.54. The van der Waals surface area contributed by atoms with Crippen LogP contribution in [-0.4, -0.2) is 6.54 Å².